The normalized spacial score (nSPS) is 29.6. The van der Waals surface area contributed by atoms with Crippen molar-refractivity contribution in [3.63, 3.8) is 0 Å². The highest BCUT2D eigenvalue weighted by Gasteiger charge is 2.62. The van der Waals surface area contributed by atoms with Crippen LogP contribution in [-0.2, 0) is 15.4 Å². The van der Waals surface area contributed by atoms with Gasteiger partial charge in [0, 0.05) is 0 Å². The third kappa shape index (κ3) is 2.93. The fourth-order valence-corrected chi connectivity index (χ4v) is 7.51. The molecule has 0 aromatic heterocycles. The molecule has 22 heavy (non-hydrogen) atoms. The van der Waals surface area contributed by atoms with E-state index in [9.17, 15) is 0 Å². The fraction of sp³-hybridized carbons (Fsp3) is 0.667. The Bertz CT molecular complexity index is 525. The zero-order valence-electron chi connectivity index (χ0n) is 14.8. The summed E-state index contributed by atoms with van der Waals surface area (Å²) in [5.41, 5.74) is 1.91. The molecule has 3 rings (SSSR count). The van der Waals surface area contributed by atoms with Crippen LogP contribution in [0.2, 0.25) is 24.5 Å². The van der Waals surface area contributed by atoms with Crippen LogP contribution in [0.25, 0.3) is 0 Å². The maximum atomic E-state index is 6.26. The van der Waals surface area contributed by atoms with Gasteiger partial charge >= 0.3 is 7.12 Å². The van der Waals surface area contributed by atoms with E-state index in [-0.39, 0.29) is 18.3 Å². The molecule has 1 saturated heterocycles. The van der Waals surface area contributed by atoms with Crippen molar-refractivity contribution in [3.05, 3.63) is 35.9 Å². The molecular formula is C18H29BO2Si. The molecule has 0 amide bonds. The first-order valence-corrected chi connectivity index (χ1v) is 11.8. The molecule has 1 aromatic rings. The van der Waals surface area contributed by atoms with Crippen LogP contribution in [0.15, 0.2) is 30.3 Å². The molecule has 2 fully saturated rings. The van der Waals surface area contributed by atoms with Gasteiger partial charge in [0.15, 0.2) is 0 Å². The molecule has 4 heteroatoms. The second kappa shape index (κ2) is 5.22. The summed E-state index contributed by atoms with van der Waals surface area (Å²) in [5.74, 6) is 0.603. The Labute approximate surface area is 136 Å². The van der Waals surface area contributed by atoms with E-state index in [0.717, 1.165) is 5.54 Å². The number of hydrogen-bond donors (Lipinski definition) is 0. The number of hydrogen-bond acceptors (Lipinski definition) is 2. The molecule has 0 radical (unpaired) electrons. The molecule has 1 aliphatic carbocycles. The van der Waals surface area contributed by atoms with Gasteiger partial charge in [-0.1, -0.05) is 55.4 Å². The molecule has 1 aliphatic heterocycles. The van der Waals surface area contributed by atoms with Crippen LogP contribution in [0.5, 0.6) is 0 Å². The van der Waals surface area contributed by atoms with Crippen molar-refractivity contribution in [3.8, 4) is 0 Å². The molecule has 0 N–H and O–H groups in total. The molecule has 1 heterocycles. The quantitative estimate of drug-likeness (QED) is 0.749. The van der Waals surface area contributed by atoms with Gasteiger partial charge < -0.3 is 9.31 Å². The van der Waals surface area contributed by atoms with Gasteiger partial charge in [-0.05, 0) is 45.1 Å². The summed E-state index contributed by atoms with van der Waals surface area (Å²) < 4.78 is 12.5. The topological polar surface area (TPSA) is 18.5 Å². The van der Waals surface area contributed by atoms with E-state index in [4.69, 9.17) is 9.31 Å². The minimum absolute atomic E-state index is 0.00227. The van der Waals surface area contributed by atoms with Crippen LogP contribution in [0, 0.1) is 0 Å². The lowest BCUT2D eigenvalue weighted by molar-refractivity contribution is 0.00578. The Hall–Kier alpha value is -0.578. The highest BCUT2D eigenvalue weighted by Crippen LogP contribution is 2.61. The summed E-state index contributed by atoms with van der Waals surface area (Å²) in [5, 5.41) is 0. The molecule has 0 bridgehead atoms. The maximum Gasteiger partial charge on any atom is 0.461 e. The van der Waals surface area contributed by atoms with E-state index in [1.54, 1.807) is 0 Å². The van der Waals surface area contributed by atoms with Crippen molar-refractivity contribution < 1.29 is 9.31 Å². The van der Waals surface area contributed by atoms with Gasteiger partial charge in [0.2, 0.25) is 0 Å². The summed E-state index contributed by atoms with van der Waals surface area (Å²) in [4.78, 5) is 0. The van der Waals surface area contributed by atoms with Gasteiger partial charge in [-0.15, -0.1) is 0 Å². The molecule has 120 valence electrons. The van der Waals surface area contributed by atoms with Gasteiger partial charge in [0.1, 0.15) is 0 Å². The van der Waals surface area contributed by atoms with Crippen molar-refractivity contribution >= 4 is 15.2 Å². The van der Waals surface area contributed by atoms with Gasteiger partial charge in [-0.2, -0.15) is 0 Å². The van der Waals surface area contributed by atoms with E-state index in [1.807, 2.05) is 0 Å². The van der Waals surface area contributed by atoms with Gasteiger partial charge in [-0.3, -0.25) is 0 Å². The summed E-state index contributed by atoms with van der Waals surface area (Å²) in [6.07, 6.45) is 1.28. The predicted octanol–water partition coefficient (Wildman–Crippen LogP) is 4.71. The molecule has 0 unspecified atom stereocenters. The molecule has 0 spiro atoms. The van der Waals surface area contributed by atoms with Crippen LogP contribution in [-0.4, -0.2) is 26.4 Å². The van der Waals surface area contributed by atoms with Crippen molar-refractivity contribution in [2.45, 2.75) is 75.8 Å². The first-order valence-electron chi connectivity index (χ1n) is 8.52. The Balaban J connectivity index is 1.65. The Morgan fingerprint density at radius 3 is 2.14 bits per heavy atom. The number of rotatable bonds is 4. The second-order valence-corrected chi connectivity index (χ2v) is 13.9. The van der Waals surface area contributed by atoms with Crippen LogP contribution in [0.1, 0.15) is 39.7 Å². The van der Waals surface area contributed by atoms with E-state index in [0.29, 0.717) is 5.82 Å². The zero-order valence-corrected chi connectivity index (χ0v) is 15.8. The monoisotopic (exact) mass is 316 g/mol. The zero-order chi connectivity index (χ0) is 16.2. The third-order valence-electron chi connectivity index (χ3n) is 5.97. The Kier molecular flexibility index (Phi) is 3.86. The predicted molar refractivity (Wildman–Crippen MR) is 95.8 cm³/mol. The highest BCUT2D eigenvalue weighted by atomic mass is 28.3. The van der Waals surface area contributed by atoms with Crippen LogP contribution < -0.4 is 0 Å². The maximum absolute atomic E-state index is 6.26. The summed E-state index contributed by atoms with van der Waals surface area (Å²) in [6, 6.07) is 12.2. The van der Waals surface area contributed by atoms with Crippen molar-refractivity contribution in [2.24, 2.45) is 0 Å². The molecular weight excluding hydrogens is 287 g/mol. The molecule has 2 nitrogen and oxygen atoms in total. The standard InChI is InChI=1S/C18H29BO2Si/c1-17(2)18(3,4)21-19(20-17)15-12-16(15)22(5,6)13-14-10-8-7-9-11-14/h7-11,15-16H,12-13H2,1-6H3/t15-,16-/m0/s1. The first kappa shape index (κ1) is 16.3. The smallest absolute Gasteiger partial charge is 0.403 e. The van der Waals surface area contributed by atoms with E-state index in [1.165, 1.54) is 18.0 Å². The Morgan fingerprint density at radius 1 is 1.05 bits per heavy atom. The van der Waals surface area contributed by atoms with Crippen molar-refractivity contribution in [1.29, 1.82) is 0 Å². The van der Waals surface area contributed by atoms with E-state index < -0.39 is 8.07 Å². The molecule has 2 atom stereocenters. The molecule has 2 aliphatic rings. The van der Waals surface area contributed by atoms with Crippen molar-refractivity contribution in [1.82, 2.24) is 0 Å². The first-order chi connectivity index (χ1) is 10.1. The average Bonchev–Trinajstić information content (AvgIpc) is 3.15. The summed E-state index contributed by atoms with van der Waals surface area (Å²) in [7, 11) is -1.30. The summed E-state index contributed by atoms with van der Waals surface area (Å²) >= 11 is 0. The molecule has 1 saturated carbocycles. The SMILES string of the molecule is CC1(C)OB([C@H]2C[C@@H]2[Si](C)(C)Cc2ccccc2)OC1(C)C. The lowest BCUT2D eigenvalue weighted by atomic mass is 9.82. The van der Waals surface area contributed by atoms with Crippen LogP contribution >= 0.6 is 0 Å². The van der Waals surface area contributed by atoms with Crippen molar-refractivity contribution in [2.75, 3.05) is 0 Å². The summed E-state index contributed by atoms with van der Waals surface area (Å²) in [6.45, 7) is 13.6. The Morgan fingerprint density at radius 2 is 1.59 bits per heavy atom. The van der Waals surface area contributed by atoms with Gasteiger partial charge in [0.05, 0.1) is 19.3 Å². The third-order valence-corrected chi connectivity index (χ3v) is 9.96. The molecule has 1 aromatic carbocycles. The minimum atomic E-state index is -1.29. The van der Waals surface area contributed by atoms with Crippen LogP contribution in [0.4, 0.5) is 0 Å². The lowest BCUT2D eigenvalue weighted by Gasteiger charge is -2.32. The number of benzene rings is 1. The van der Waals surface area contributed by atoms with E-state index in [2.05, 4.69) is 71.1 Å². The average molecular weight is 316 g/mol. The lowest BCUT2D eigenvalue weighted by Crippen LogP contribution is -2.41. The largest absolute Gasteiger partial charge is 0.461 e. The van der Waals surface area contributed by atoms with Gasteiger partial charge in [0.25, 0.3) is 0 Å². The fourth-order valence-electron chi connectivity index (χ4n) is 3.73. The second-order valence-electron chi connectivity index (χ2n) is 8.78. The highest BCUT2D eigenvalue weighted by molar-refractivity contribution is 6.80. The van der Waals surface area contributed by atoms with E-state index >= 15 is 0 Å². The van der Waals surface area contributed by atoms with Gasteiger partial charge in [-0.25, -0.2) is 0 Å². The minimum Gasteiger partial charge on any atom is -0.403 e. The van der Waals surface area contributed by atoms with Crippen LogP contribution in [0.3, 0.4) is 0 Å².